The lowest BCUT2D eigenvalue weighted by Crippen LogP contribution is -2.24. The van der Waals surface area contributed by atoms with E-state index in [1.807, 2.05) is 0 Å². The van der Waals surface area contributed by atoms with E-state index in [0.717, 1.165) is 55.1 Å². The highest BCUT2D eigenvalue weighted by Gasteiger charge is 2.54. The zero-order valence-electron chi connectivity index (χ0n) is 14.8. The van der Waals surface area contributed by atoms with Crippen molar-refractivity contribution in [3.05, 3.63) is 22.8 Å². The quantitative estimate of drug-likeness (QED) is 0.414. The summed E-state index contributed by atoms with van der Waals surface area (Å²) in [4.78, 5) is 24.0. The van der Waals surface area contributed by atoms with Gasteiger partial charge in [0.2, 0.25) is 0 Å². The van der Waals surface area contributed by atoms with Crippen LogP contribution in [0.1, 0.15) is 66.2 Å². The molecule has 3 nitrogen and oxygen atoms in total. The summed E-state index contributed by atoms with van der Waals surface area (Å²) in [6, 6.07) is 0. The minimum absolute atomic E-state index is 0.0579. The van der Waals surface area contributed by atoms with Crippen LogP contribution in [0.5, 0.6) is 0 Å². The molecule has 1 saturated carbocycles. The molecule has 0 unspecified atom stereocenters. The topological polar surface area (TPSA) is 46.7 Å². The van der Waals surface area contributed by atoms with Crippen LogP contribution in [0, 0.1) is 11.3 Å². The van der Waals surface area contributed by atoms with Gasteiger partial charge in [-0.2, -0.15) is 0 Å². The SMILES string of the molecule is CC(C)=C1C(=O)C[C@@]2(C)C/C=C(\C=O)CC[C@H]3O[C@]3(C)CC[C@H]12. The van der Waals surface area contributed by atoms with Gasteiger partial charge in [0.15, 0.2) is 5.78 Å². The maximum absolute atomic E-state index is 12.6. The van der Waals surface area contributed by atoms with Crippen LogP contribution in [0.15, 0.2) is 22.8 Å². The predicted octanol–water partition coefficient (Wildman–Crippen LogP) is 4.17. The molecule has 0 aromatic rings. The van der Waals surface area contributed by atoms with E-state index in [2.05, 4.69) is 33.8 Å². The van der Waals surface area contributed by atoms with E-state index in [1.165, 1.54) is 0 Å². The third kappa shape index (κ3) is 2.96. The number of fused-ring (bicyclic) bond motifs is 2. The molecule has 0 amide bonds. The Bertz CT molecular complexity index is 596. The number of ether oxygens (including phenoxy) is 1. The van der Waals surface area contributed by atoms with Gasteiger partial charge in [0.25, 0.3) is 0 Å². The number of hydrogen-bond donors (Lipinski definition) is 0. The second-order valence-corrected chi connectivity index (χ2v) is 8.32. The van der Waals surface area contributed by atoms with Gasteiger partial charge in [-0.05, 0) is 75.4 Å². The van der Waals surface area contributed by atoms with Crippen molar-refractivity contribution in [1.29, 1.82) is 0 Å². The summed E-state index contributed by atoms with van der Waals surface area (Å²) in [5.74, 6) is 0.581. The van der Waals surface area contributed by atoms with Gasteiger partial charge in [-0.3, -0.25) is 9.59 Å². The molecular weight excluding hydrogens is 288 g/mol. The van der Waals surface area contributed by atoms with Crippen LogP contribution >= 0.6 is 0 Å². The zero-order chi connectivity index (χ0) is 16.8. The highest BCUT2D eigenvalue weighted by molar-refractivity contribution is 5.99. The number of Topliss-reactive ketones (excluding diaryl/α,β-unsaturated/α-hetero) is 1. The molecule has 1 saturated heterocycles. The van der Waals surface area contributed by atoms with Gasteiger partial charge >= 0.3 is 0 Å². The Hall–Kier alpha value is -1.22. The van der Waals surface area contributed by atoms with E-state index in [4.69, 9.17) is 4.74 Å². The summed E-state index contributed by atoms with van der Waals surface area (Å²) in [5.41, 5.74) is 2.92. The van der Waals surface area contributed by atoms with Crippen molar-refractivity contribution in [2.24, 2.45) is 11.3 Å². The van der Waals surface area contributed by atoms with Gasteiger partial charge in [0.05, 0.1) is 11.7 Å². The van der Waals surface area contributed by atoms with Gasteiger partial charge in [0, 0.05) is 6.42 Å². The zero-order valence-corrected chi connectivity index (χ0v) is 14.8. The van der Waals surface area contributed by atoms with E-state index in [-0.39, 0.29) is 23.0 Å². The molecule has 0 aromatic heterocycles. The highest BCUT2D eigenvalue weighted by atomic mass is 16.6. The van der Waals surface area contributed by atoms with E-state index in [9.17, 15) is 9.59 Å². The van der Waals surface area contributed by atoms with E-state index < -0.39 is 0 Å². The Morgan fingerprint density at radius 1 is 1.30 bits per heavy atom. The van der Waals surface area contributed by atoms with Crippen LogP contribution in [0.25, 0.3) is 0 Å². The number of ketones is 1. The lowest BCUT2D eigenvalue weighted by molar-refractivity contribution is -0.115. The fourth-order valence-electron chi connectivity index (χ4n) is 4.64. The van der Waals surface area contributed by atoms with Crippen LogP contribution in [-0.4, -0.2) is 23.8 Å². The van der Waals surface area contributed by atoms with Gasteiger partial charge in [-0.1, -0.05) is 18.6 Å². The van der Waals surface area contributed by atoms with Crippen molar-refractivity contribution in [2.75, 3.05) is 0 Å². The Labute approximate surface area is 139 Å². The first-order valence-electron chi connectivity index (χ1n) is 8.82. The molecule has 0 bridgehead atoms. The normalized spacial score (nSPS) is 42.9. The molecule has 0 N–H and O–H groups in total. The molecule has 1 aliphatic heterocycles. The summed E-state index contributed by atoms with van der Waals surface area (Å²) in [6.45, 7) is 8.50. The van der Waals surface area contributed by atoms with E-state index in [0.29, 0.717) is 12.2 Å². The molecule has 3 heteroatoms. The van der Waals surface area contributed by atoms with Crippen molar-refractivity contribution >= 4 is 12.1 Å². The third-order valence-corrected chi connectivity index (χ3v) is 6.24. The largest absolute Gasteiger partial charge is 0.366 e. The summed E-state index contributed by atoms with van der Waals surface area (Å²) in [7, 11) is 0. The summed E-state index contributed by atoms with van der Waals surface area (Å²) < 4.78 is 5.93. The lowest BCUT2D eigenvalue weighted by atomic mass is 9.72. The van der Waals surface area contributed by atoms with Gasteiger partial charge in [-0.25, -0.2) is 0 Å². The smallest absolute Gasteiger partial charge is 0.159 e. The molecule has 4 atom stereocenters. The van der Waals surface area contributed by atoms with Crippen molar-refractivity contribution in [2.45, 2.75) is 77.9 Å². The number of allylic oxidation sites excluding steroid dienone is 4. The molecule has 23 heavy (non-hydrogen) atoms. The first-order valence-corrected chi connectivity index (χ1v) is 8.82. The number of carbonyl (C=O) groups is 2. The highest BCUT2D eigenvalue weighted by Crippen LogP contribution is 2.53. The van der Waals surface area contributed by atoms with E-state index >= 15 is 0 Å². The predicted molar refractivity (Wildman–Crippen MR) is 90.1 cm³/mol. The van der Waals surface area contributed by atoms with Crippen molar-refractivity contribution < 1.29 is 14.3 Å². The number of epoxide rings is 1. The van der Waals surface area contributed by atoms with Crippen molar-refractivity contribution in [3.8, 4) is 0 Å². The Balaban J connectivity index is 1.97. The van der Waals surface area contributed by atoms with Gasteiger partial charge in [0.1, 0.15) is 6.29 Å². The number of carbonyl (C=O) groups excluding carboxylic acids is 2. The summed E-state index contributed by atoms with van der Waals surface area (Å²) in [6.07, 6.45) is 8.45. The van der Waals surface area contributed by atoms with Gasteiger partial charge in [-0.15, -0.1) is 0 Å². The Morgan fingerprint density at radius 3 is 2.70 bits per heavy atom. The average molecular weight is 316 g/mol. The Kier molecular flexibility index (Phi) is 4.12. The first-order chi connectivity index (χ1) is 10.8. The van der Waals surface area contributed by atoms with Crippen LogP contribution in [0.4, 0.5) is 0 Å². The average Bonchev–Trinajstić information content (AvgIpc) is 3.04. The molecule has 0 spiro atoms. The Morgan fingerprint density at radius 2 is 2.04 bits per heavy atom. The maximum Gasteiger partial charge on any atom is 0.159 e. The number of aldehydes is 1. The molecule has 0 radical (unpaired) electrons. The monoisotopic (exact) mass is 316 g/mol. The standard InChI is InChI=1S/C20H28O3/c1-13(2)18-15-8-10-20(4)17(23-20)6-5-14(12-21)7-9-19(15,3)11-16(18)22/h7,12,15,17H,5-6,8-11H2,1-4H3/b14-7-/t15-,17-,19-,20-/m1/s1. The van der Waals surface area contributed by atoms with Crippen LogP contribution in [-0.2, 0) is 14.3 Å². The lowest BCUT2D eigenvalue weighted by Gasteiger charge is -2.31. The minimum atomic E-state index is -0.0664. The molecule has 126 valence electrons. The van der Waals surface area contributed by atoms with E-state index in [1.54, 1.807) is 0 Å². The molecule has 2 aliphatic carbocycles. The van der Waals surface area contributed by atoms with Crippen LogP contribution in [0.2, 0.25) is 0 Å². The first kappa shape index (κ1) is 16.6. The van der Waals surface area contributed by atoms with Crippen molar-refractivity contribution in [3.63, 3.8) is 0 Å². The molecule has 2 fully saturated rings. The second kappa shape index (κ2) is 5.70. The minimum Gasteiger partial charge on any atom is -0.366 e. The van der Waals surface area contributed by atoms with Crippen molar-refractivity contribution in [1.82, 2.24) is 0 Å². The molecule has 3 aliphatic rings. The summed E-state index contributed by atoms with van der Waals surface area (Å²) in [5, 5.41) is 0. The molecule has 1 heterocycles. The molecule has 0 aromatic carbocycles. The van der Waals surface area contributed by atoms with Gasteiger partial charge < -0.3 is 4.74 Å². The number of rotatable bonds is 1. The molecule has 3 rings (SSSR count). The third-order valence-electron chi connectivity index (χ3n) is 6.24. The second-order valence-electron chi connectivity index (χ2n) is 8.32. The fraction of sp³-hybridized carbons (Fsp3) is 0.700. The fourth-order valence-corrected chi connectivity index (χ4v) is 4.64. The van der Waals surface area contributed by atoms with Crippen LogP contribution in [0.3, 0.4) is 0 Å². The van der Waals surface area contributed by atoms with Crippen LogP contribution < -0.4 is 0 Å². The maximum atomic E-state index is 12.6. The molecular formula is C20H28O3. The number of hydrogen-bond acceptors (Lipinski definition) is 3. The summed E-state index contributed by atoms with van der Waals surface area (Å²) >= 11 is 0.